The van der Waals surface area contributed by atoms with Crippen LogP contribution in [0.25, 0.3) is 0 Å². The van der Waals surface area contributed by atoms with E-state index in [0.717, 1.165) is 6.42 Å². The number of hydrogen-bond acceptors (Lipinski definition) is 1. The van der Waals surface area contributed by atoms with Crippen molar-refractivity contribution in [1.82, 2.24) is 0 Å². The van der Waals surface area contributed by atoms with E-state index in [1.807, 2.05) is 0 Å². The first-order chi connectivity index (χ1) is 7.13. The van der Waals surface area contributed by atoms with Crippen molar-refractivity contribution in [2.75, 3.05) is 0 Å². The van der Waals surface area contributed by atoms with Crippen molar-refractivity contribution in [3.63, 3.8) is 0 Å². The molecule has 0 saturated heterocycles. The van der Waals surface area contributed by atoms with Crippen LogP contribution >= 0.6 is 0 Å². The lowest BCUT2D eigenvalue weighted by molar-refractivity contribution is 0.0550. The Kier molecular flexibility index (Phi) is 3.01. The molecule has 0 heterocycles. The van der Waals surface area contributed by atoms with Gasteiger partial charge in [0, 0.05) is 5.92 Å². The molecule has 0 saturated carbocycles. The lowest BCUT2D eigenvalue weighted by Crippen LogP contribution is -2.37. The summed E-state index contributed by atoms with van der Waals surface area (Å²) in [5.41, 5.74) is 1.38. The van der Waals surface area contributed by atoms with Crippen LogP contribution in [0.2, 0.25) is 0 Å². The highest BCUT2D eigenvalue weighted by Gasteiger charge is 2.37. The van der Waals surface area contributed by atoms with Crippen LogP contribution < -0.4 is 0 Å². The second-order valence-electron chi connectivity index (χ2n) is 5.26. The Bertz CT molecular complexity index is 290. The van der Waals surface area contributed by atoms with Crippen LogP contribution in [-0.4, -0.2) is 11.2 Å². The van der Waals surface area contributed by atoms with E-state index in [-0.39, 0.29) is 6.10 Å². The van der Waals surface area contributed by atoms with Gasteiger partial charge >= 0.3 is 0 Å². The molecule has 0 spiro atoms. The highest BCUT2D eigenvalue weighted by Crippen LogP contribution is 2.42. The molecule has 2 rings (SSSR count). The minimum absolute atomic E-state index is 0.127. The zero-order valence-corrected chi connectivity index (χ0v) is 9.98. The third-order valence-electron chi connectivity index (χ3n) is 4.09. The fourth-order valence-corrected chi connectivity index (χ4v) is 3.31. The molecule has 0 bridgehead atoms. The van der Waals surface area contributed by atoms with E-state index in [1.165, 1.54) is 12.0 Å². The van der Waals surface area contributed by atoms with Crippen molar-refractivity contribution in [2.45, 2.75) is 39.7 Å². The standard InChI is InChI=1S/C14H22O/c1-4-12-10(3)5-6-11-7-9(2)8-13(15)14(11)12/h5-7,9-10,12-15H,4,8H2,1-3H3/t9-,10-,12?,13-,14?/m0/s1. The molecule has 1 heteroatoms. The van der Waals surface area contributed by atoms with Crippen LogP contribution in [0.1, 0.15) is 33.6 Å². The molecule has 1 nitrogen and oxygen atoms in total. The molecule has 0 aliphatic heterocycles. The molecule has 2 unspecified atom stereocenters. The van der Waals surface area contributed by atoms with E-state index in [1.54, 1.807) is 0 Å². The van der Waals surface area contributed by atoms with Crippen molar-refractivity contribution in [3.8, 4) is 0 Å². The Balaban J connectivity index is 2.33. The minimum Gasteiger partial charge on any atom is -0.392 e. The van der Waals surface area contributed by atoms with E-state index in [4.69, 9.17) is 0 Å². The van der Waals surface area contributed by atoms with E-state index in [9.17, 15) is 5.11 Å². The maximum Gasteiger partial charge on any atom is 0.0617 e. The molecule has 0 aromatic rings. The number of aliphatic hydroxyl groups is 1. The highest BCUT2D eigenvalue weighted by molar-refractivity contribution is 5.31. The lowest BCUT2D eigenvalue weighted by Gasteiger charge is -2.41. The Hall–Kier alpha value is -0.560. The second kappa shape index (κ2) is 4.13. The molecule has 2 aliphatic rings. The van der Waals surface area contributed by atoms with Gasteiger partial charge < -0.3 is 5.11 Å². The molecule has 0 amide bonds. The van der Waals surface area contributed by atoms with Crippen LogP contribution in [0.15, 0.2) is 23.8 Å². The van der Waals surface area contributed by atoms with E-state index in [0.29, 0.717) is 23.7 Å². The van der Waals surface area contributed by atoms with Gasteiger partial charge in [-0.1, -0.05) is 45.4 Å². The predicted octanol–water partition coefficient (Wildman–Crippen LogP) is 3.16. The predicted molar refractivity (Wildman–Crippen MR) is 63.4 cm³/mol. The Morgan fingerprint density at radius 2 is 2.13 bits per heavy atom. The van der Waals surface area contributed by atoms with Gasteiger partial charge in [-0.2, -0.15) is 0 Å². The van der Waals surface area contributed by atoms with Crippen LogP contribution in [0.3, 0.4) is 0 Å². The Morgan fingerprint density at radius 3 is 2.80 bits per heavy atom. The monoisotopic (exact) mass is 206 g/mol. The lowest BCUT2D eigenvalue weighted by atomic mass is 9.66. The van der Waals surface area contributed by atoms with Gasteiger partial charge in [-0.25, -0.2) is 0 Å². The van der Waals surface area contributed by atoms with Crippen molar-refractivity contribution >= 4 is 0 Å². The molecular formula is C14H22O. The van der Waals surface area contributed by atoms with E-state index in [2.05, 4.69) is 39.0 Å². The third kappa shape index (κ3) is 1.90. The summed E-state index contributed by atoms with van der Waals surface area (Å²) in [6.07, 6.45) is 8.87. The summed E-state index contributed by atoms with van der Waals surface area (Å²) < 4.78 is 0. The maximum absolute atomic E-state index is 10.2. The molecule has 0 fully saturated rings. The summed E-state index contributed by atoms with van der Waals surface area (Å²) in [6.45, 7) is 6.70. The van der Waals surface area contributed by atoms with Crippen LogP contribution in [0.4, 0.5) is 0 Å². The molecule has 84 valence electrons. The first kappa shape index (κ1) is 10.9. The van der Waals surface area contributed by atoms with Crippen molar-refractivity contribution in [1.29, 1.82) is 0 Å². The SMILES string of the molecule is CCC1C2C(=C[C@H](C)C[C@@H]2O)C=C[C@@H]1C. The van der Waals surface area contributed by atoms with Crippen LogP contribution in [0.5, 0.6) is 0 Å². The average molecular weight is 206 g/mol. The van der Waals surface area contributed by atoms with Crippen LogP contribution in [-0.2, 0) is 0 Å². The number of aliphatic hydroxyl groups excluding tert-OH is 1. The smallest absolute Gasteiger partial charge is 0.0617 e. The summed E-state index contributed by atoms with van der Waals surface area (Å²) in [5.74, 6) is 2.16. The first-order valence-electron chi connectivity index (χ1n) is 6.21. The summed E-state index contributed by atoms with van der Waals surface area (Å²) in [6, 6.07) is 0. The summed E-state index contributed by atoms with van der Waals surface area (Å²) in [4.78, 5) is 0. The van der Waals surface area contributed by atoms with Gasteiger partial charge in [-0.05, 0) is 29.7 Å². The fourth-order valence-electron chi connectivity index (χ4n) is 3.31. The van der Waals surface area contributed by atoms with Gasteiger partial charge in [0.15, 0.2) is 0 Å². The summed E-state index contributed by atoms with van der Waals surface area (Å²) >= 11 is 0. The van der Waals surface area contributed by atoms with Gasteiger partial charge in [0.25, 0.3) is 0 Å². The number of fused-ring (bicyclic) bond motifs is 1. The van der Waals surface area contributed by atoms with Gasteiger partial charge in [-0.15, -0.1) is 0 Å². The second-order valence-corrected chi connectivity index (χ2v) is 5.26. The van der Waals surface area contributed by atoms with Crippen molar-refractivity contribution in [2.24, 2.45) is 23.7 Å². The molecular weight excluding hydrogens is 184 g/mol. The molecule has 2 aliphatic carbocycles. The normalized spacial score (nSPS) is 44.8. The van der Waals surface area contributed by atoms with E-state index < -0.39 is 0 Å². The van der Waals surface area contributed by atoms with Gasteiger partial charge in [0.2, 0.25) is 0 Å². The first-order valence-corrected chi connectivity index (χ1v) is 6.21. The molecule has 0 radical (unpaired) electrons. The summed E-state index contributed by atoms with van der Waals surface area (Å²) in [5, 5.41) is 10.2. The molecule has 0 aromatic heterocycles. The average Bonchev–Trinajstić information content (AvgIpc) is 2.18. The largest absolute Gasteiger partial charge is 0.392 e. The highest BCUT2D eigenvalue weighted by atomic mass is 16.3. The van der Waals surface area contributed by atoms with Gasteiger partial charge in [0.1, 0.15) is 0 Å². The molecule has 1 N–H and O–H groups in total. The Morgan fingerprint density at radius 1 is 1.40 bits per heavy atom. The number of rotatable bonds is 1. The number of allylic oxidation sites excluding steroid dienone is 3. The van der Waals surface area contributed by atoms with Crippen molar-refractivity contribution in [3.05, 3.63) is 23.8 Å². The quantitative estimate of drug-likeness (QED) is 0.698. The summed E-state index contributed by atoms with van der Waals surface area (Å²) in [7, 11) is 0. The minimum atomic E-state index is -0.127. The Labute approximate surface area is 92.9 Å². The zero-order valence-electron chi connectivity index (χ0n) is 9.98. The zero-order chi connectivity index (χ0) is 11.0. The van der Waals surface area contributed by atoms with Crippen LogP contribution in [0, 0.1) is 23.7 Å². The van der Waals surface area contributed by atoms with Gasteiger partial charge in [0.05, 0.1) is 6.10 Å². The van der Waals surface area contributed by atoms with E-state index >= 15 is 0 Å². The van der Waals surface area contributed by atoms with Crippen molar-refractivity contribution < 1.29 is 5.11 Å². The maximum atomic E-state index is 10.2. The molecule has 15 heavy (non-hydrogen) atoms. The van der Waals surface area contributed by atoms with Gasteiger partial charge in [-0.3, -0.25) is 0 Å². The topological polar surface area (TPSA) is 20.2 Å². The molecule has 5 atom stereocenters. The molecule has 0 aromatic carbocycles. The fraction of sp³-hybridized carbons (Fsp3) is 0.714. The number of hydrogen-bond donors (Lipinski definition) is 1. The third-order valence-corrected chi connectivity index (χ3v) is 4.09.